The number of guanidine groups is 1. The largest absolute Gasteiger partial charge is 0.496 e. The Morgan fingerprint density at radius 1 is 1.00 bits per heavy atom. The van der Waals surface area contributed by atoms with Gasteiger partial charge in [0, 0.05) is 29.2 Å². The Morgan fingerprint density at radius 3 is 2.48 bits per heavy atom. The van der Waals surface area contributed by atoms with Crippen molar-refractivity contribution in [3.8, 4) is 11.5 Å². The molecule has 0 atom stereocenters. The number of aliphatic imine (C=N–C) groups is 1. The molecule has 0 aliphatic heterocycles. The highest BCUT2D eigenvalue weighted by atomic mass is 35.5. The van der Waals surface area contributed by atoms with E-state index in [9.17, 15) is 0 Å². The van der Waals surface area contributed by atoms with Gasteiger partial charge in [-0.15, -0.1) is 0 Å². The molecule has 6 heteroatoms. The fraction of sp³-hybridized carbons (Fsp3) is 0.316. The maximum atomic E-state index is 6.01. The molecule has 0 aromatic heterocycles. The fourth-order valence-corrected chi connectivity index (χ4v) is 2.55. The van der Waals surface area contributed by atoms with Crippen LogP contribution in [0.3, 0.4) is 0 Å². The lowest BCUT2D eigenvalue weighted by molar-refractivity contribution is 0.409. The third kappa shape index (κ3) is 5.57. The summed E-state index contributed by atoms with van der Waals surface area (Å²) in [6, 6.07) is 13.5. The second-order valence-corrected chi connectivity index (χ2v) is 5.75. The zero-order chi connectivity index (χ0) is 18.1. The van der Waals surface area contributed by atoms with Crippen molar-refractivity contribution in [2.45, 2.75) is 20.0 Å². The van der Waals surface area contributed by atoms with Crippen LogP contribution in [0.1, 0.15) is 18.1 Å². The Balaban J connectivity index is 2.08. The number of ether oxygens (including phenoxy) is 2. The first kappa shape index (κ1) is 18.9. The predicted molar refractivity (Wildman–Crippen MR) is 103 cm³/mol. The molecule has 0 heterocycles. The molecular weight excluding hydrogens is 338 g/mol. The Hall–Kier alpha value is -2.40. The molecule has 5 nitrogen and oxygen atoms in total. The lowest BCUT2D eigenvalue weighted by Gasteiger charge is -2.14. The summed E-state index contributed by atoms with van der Waals surface area (Å²) >= 11 is 6.01. The van der Waals surface area contributed by atoms with E-state index in [1.807, 2.05) is 43.3 Å². The van der Waals surface area contributed by atoms with Gasteiger partial charge in [0.2, 0.25) is 0 Å². The summed E-state index contributed by atoms with van der Waals surface area (Å²) in [7, 11) is 3.30. The van der Waals surface area contributed by atoms with Crippen molar-refractivity contribution in [2.75, 3.05) is 20.8 Å². The normalized spacial score (nSPS) is 11.1. The standard InChI is InChI=1S/C19H24ClN3O2/c1-4-21-19(22-12-14-7-5-6-8-17(14)24-2)23-13-15-9-10-16(20)11-18(15)25-3/h5-11H,4,12-13H2,1-3H3,(H2,21,22,23). The summed E-state index contributed by atoms with van der Waals surface area (Å²) in [5.41, 5.74) is 2.04. The van der Waals surface area contributed by atoms with Gasteiger partial charge in [-0.1, -0.05) is 35.9 Å². The van der Waals surface area contributed by atoms with Crippen molar-refractivity contribution < 1.29 is 9.47 Å². The number of para-hydroxylation sites is 1. The average Bonchev–Trinajstić information content (AvgIpc) is 2.64. The third-order valence-electron chi connectivity index (χ3n) is 3.64. The molecule has 0 radical (unpaired) electrons. The maximum Gasteiger partial charge on any atom is 0.191 e. The van der Waals surface area contributed by atoms with Gasteiger partial charge in [-0.2, -0.15) is 0 Å². The van der Waals surface area contributed by atoms with Gasteiger partial charge < -0.3 is 20.1 Å². The highest BCUT2D eigenvalue weighted by molar-refractivity contribution is 6.30. The van der Waals surface area contributed by atoms with Crippen LogP contribution in [0, 0.1) is 0 Å². The quantitative estimate of drug-likeness (QED) is 0.584. The van der Waals surface area contributed by atoms with Crippen LogP contribution in [0.5, 0.6) is 11.5 Å². The van der Waals surface area contributed by atoms with Gasteiger partial charge in [0.15, 0.2) is 5.96 Å². The molecule has 0 amide bonds. The average molecular weight is 362 g/mol. The molecule has 2 rings (SSSR count). The van der Waals surface area contributed by atoms with E-state index in [0.29, 0.717) is 18.1 Å². The van der Waals surface area contributed by atoms with E-state index in [0.717, 1.165) is 35.1 Å². The minimum absolute atomic E-state index is 0.525. The topological polar surface area (TPSA) is 54.9 Å². The molecule has 0 bridgehead atoms. The zero-order valence-corrected chi connectivity index (χ0v) is 15.6. The SMILES string of the molecule is CCNC(=NCc1ccccc1OC)NCc1ccc(Cl)cc1OC. The van der Waals surface area contributed by atoms with Crippen LogP contribution >= 0.6 is 11.6 Å². The van der Waals surface area contributed by atoms with Gasteiger partial charge >= 0.3 is 0 Å². The summed E-state index contributed by atoms with van der Waals surface area (Å²) in [4.78, 5) is 4.63. The zero-order valence-electron chi connectivity index (χ0n) is 14.8. The van der Waals surface area contributed by atoms with Crippen molar-refractivity contribution in [3.05, 3.63) is 58.6 Å². The van der Waals surface area contributed by atoms with E-state index in [2.05, 4.69) is 15.6 Å². The number of halogens is 1. The Kier molecular flexibility index (Phi) is 7.41. The van der Waals surface area contributed by atoms with Gasteiger partial charge in [-0.05, 0) is 25.1 Å². The predicted octanol–water partition coefficient (Wildman–Crippen LogP) is 3.61. The van der Waals surface area contributed by atoms with Crippen LogP contribution in [-0.2, 0) is 13.1 Å². The van der Waals surface area contributed by atoms with Gasteiger partial charge in [0.25, 0.3) is 0 Å². The first-order valence-corrected chi connectivity index (χ1v) is 8.52. The monoisotopic (exact) mass is 361 g/mol. The number of nitrogens with zero attached hydrogens (tertiary/aromatic N) is 1. The van der Waals surface area contributed by atoms with Crippen LogP contribution in [0.2, 0.25) is 5.02 Å². The lowest BCUT2D eigenvalue weighted by Crippen LogP contribution is -2.36. The molecule has 0 spiro atoms. The van der Waals surface area contributed by atoms with E-state index < -0.39 is 0 Å². The number of rotatable bonds is 7. The molecule has 0 saturated heterocycles. The summed E-state index contributed by atoms with van der Waals surface area (Å²) in [6.45, 7) is 3.91. The number of methoxy groups -OCH3 is 2. The molecular formula is C19H24ClN3O2. The molecule has 0 aliphatic rings. The highest BCUT2D eigenvalue weighted by Crippen LogP contribution is 2.23. The van der Waals surface area contributed by atoms with Crippen LogP contribution in [0.15, 0.2) is 47.5 Å². The second-order valence-electron chi connectivity index (χ2n) is 5.32. The van der Waals surface area contributed by atoms with Crippen molar-refractivity contribution in [1.82, 2.24) is 10.6 Å². The lowest BCUT2D eigenvalue weighted by atomic mass is 10.2. The van der Waals surface area contributed by atoms with Gasteiger partial charge in [-0.25, -0.2) is 4.99 Å². The van der Waals surface area contributed by atoms with E-state index in [-0.39, 0.29) is 0 Å². The Bertz CT molecular complexity index is 720. The second kappa shape index (κ2) is 9.79. The van der Waals surface area contributed by atoms with Crippen molar-refractivity contribution in [3.63, 3.8) is 0 Å². The fourth-order valence-electron chi connectivity index (χ4n) is 2.38. The molecule has 0 saturated carbocycles. The molecule has 0 aliphatic carbocycles. The smallest absolute Gasteiger partial charge is 0.191 e. The first-order chi connectivity index (χ1) is 12.2. The van der Waals surface area contributed by atoms with Gasteiger partial charge in [0.05, 0.1) is 20.8 Å². The van der Waals surface area contributed by atoms with E-state index in [1.165, 1.54) is 0 Å². The minimum Gasteiger partial charge on any atom is -0.496 e. The maximum absolute atomic E-state index is 6.01. The van der Waals surface area contributed by atoms with Crippen molar-refractivity contribution in [1.29, 1.82) is 0 Å². The summed E-state index contributed by atoms with van der Waals surface area (Å²) in [5.74, 6) is 2.31. The van der Waals surface area contributed by atoms with Gasteiger partial charge in [0.1, 0.15) is 11.5 Å². The van der Waals surface area contributed by atoms with E-state index in [1.54, 1.807) is 20.3 Å². The summed E-state index contributed by atoms with van der Waals surface area (Å²) < 4.78 is 10.7. The summed E-state index contributed by atoms with van der Waals surface area (Å²) in [5, 5.41) is 7.20. The molecule has 2 aromatic carbocycles. The van der Waals surface area contributed by atoms with E-state index in [4.69, 9.17) is 21.1 Å². The van der Waals surface area contributed by atoms with Gasteiger partial charge in [-0.3, -0.25) is 0 Å². The molecule has 2 aromatic rings. The van der Waals surface area contributed by atoms with Crippen LogP contribution in [0.4, 0.5) is 0 Å². The van der Waals surface area contributed by atoms with Crippen LogP contribution < -0.4 is 20.1 Å². The highest BCUT2D eigenvalue weighted by Gasteiger charge is 2.06. The Labute approximate surface area is 154 Å². The molecule has 0 fully saturated rings. The molecule has 2 N–H and O–H groups in total. The minimum atomic E-state index is 0.525. The molecule has 25 heavy (non-hydrogen) atoms. The number of nitrogens with one attached hydrogen (secondary N) is 2. The molecule has 0 unspecified atom stereocenters. The number of hydrogen-bond donors (Lipinski definition) is 2. The first-order valence-electron chi connectivity index (χ1n) is 8.14. The van der Waals surface area contributed by atoms with Crippen LogP contribution in [-0.4, -0.2) is 26.7 Å². The third-order valence-corrected chi connectivity index (χ3v) is 3.87. The molecule has 134 valence electrons. The van der Waals surface area contributed by atoms with Crippen molar-refractivity contribution >= 4 is 17.6 Å². The Morgan fingerprint density at radius 2 is 1.76 bits per heavy atom. The summed E-state index contributed by atoms with van der Waals surface area (Å²) in [6.07, 6.45) is 0. The number of benzene rings is 2. The number of hydrogen-bond acceptors (Lipinski definition) is 3. The van der Waals surface area contributed by atoms with Crippen molar-refractivity contribution in [2.24, 2.45) is 4.99 Å². The van der Waals surface area contributed by atoms with Crippen LogP contribution in [0.25, 0.3) is 0 Å². The van der Waals surface area contributed by atoms with E-state index >= 15 is 0 Å².